The molecule has 1 atom stereocenters. The molecule has 2 aromatic carbocycles. The van der Waals surface area contributed by atoms with Crippen LogP contribution in [0.25, 0.3) is 0 Å². The van der Waals surface area contributed by atoms with Crippen molar-refractivity contribution in [1.82, 2.24) is 10.3 Å². The number of ether oxygens (including phenoxy) is 1. The molecule has 0 saturated heterocycles. The average molecular weight is 373 g/mol. The topological polar surface area (TPSA) is 77.2 Å². The van der Waals surface area contributed by atoms with Crippen molar-refractivity contribution in [3.63, 3.8) is 0 Å². The van der Waals surface area contributed by atoms with Gasteiger partial charge in [-0.3, -0.25) is 4.79 Å². The van der Waals surface area contributed by atoms with Crippen LogP contribution in [0.1, 0.15) is 33.5 Å². The molecule has 1 heterocycles. The number of nitrogens with one attached hydrogen (secondary N) is 1. The Morgan fingerprint density at radius 2 is 1.96 bits per heavy atom. The van der Waals surface area contributed by atoms with Gasteiger partial charge in [-0.25, -0.2) is 4.98 Å². The predicted molar refractivity (Wildman–Crippen MR) is 108 cm³/mol. The number of carbonyl (C=O) groups is 1. The molecule has 0 bridgehead atoms. The zero-order chi connectivity index (χ0) is 19.3. The van der Waals surface area contributed by atoms with Gasteiger partial charge in [-0.2, -0.15) is 0 Å². The molecule has 0 radical (unpaired) electrons. The first-order valence-corrected chi connectivity index (χ1v) is 9.50. The standard InChI is InChI=1S/C23H23N3O2/c24-23(27)18-8-11-22(26-15-18)28-21-10-7-17-6-9-20(12-19(17)13-21)25-14-16-4-2-1-3-5-16/h1-5,7-8,10-11,13,15,20,25H,6,9,12,14H2,(H2,24,27). The van der Waals surface area contributed by atoms with Crippen molar-refractivity contribution in [2.45, 2.75) is 31.8 Å². The molecule has 3 aromatic rings. The number of benzene rings is 2. The predicted octanol–water partition coefficient (Wildman–Crippen LogP) is 3.62. The van der Waals surface area contributed by atoms with Crippen molar-refractivity contribution in [3.8, 4) is 11.6 Å². The molecule has 142 valence electrons. The number of aromatic nitrogens is 1. The summed E-state index contributed by atoms with van der Waals surface area (Å²) in [7, 11) is 0. The number of rotatable bonds is 6. The molecule has 1 aliphatic rings. The molecule has 3 N–H and O–H groups in total. The van der Waals surface area contributed by atoms with Crippen LogP contribution >= 0.6 is 0 Å². The maximum atomic E-state index is 11.1. The molecule has 0 aliphatic heterocycles. The molecule has 28 heavy (non-hydrogen) atoms. The number of fused-ring (bicyclic) bond motifs is 1. The lowest BCUT2D eigenvalue weighted by atomic mass is 9.88. The highest BCUT2D eigenvalue weighted by Gasteiger charge is 2.19. The molecular formula is C23H23N3O2. The van der Waals surface area contributed by atoms with Crippen LogP contribution in [0, 0.1) is 0 Å². The quantitative estimate of drug-likeness (QED) is 0.692. The molecule has 1 aliphatic carbocycles. The molecule has 0 saturated carbocycles. The highest BCUT2D eigenvalue weighted by Crippen LogP contribution is 2.28. The lowest BCUT2D eigenvalue weighted by Crippen LogP contribution is -2.34. The van der Waals surface area contributed by atoms with E-state index in [0.29, 0.717) is 17.5 Å². The van der Waals surface area contributed by atoms with Gasteiger partial charge in [0.05, 0.1) is 5.56 Å². The summed E-state index contributed by atoms with van der Waals surface area (Å²) in [6, 6.07) is 20.4. The van der Waals surface area contributed by atoms with Gasteiger partial charge in [0.2, 0.25) is 11.8 Å². The summed E-state index contributed by atoms with van der Waals surface area (Å²) in [4.78, 5) is 15.3. The average Bonchev–Trinajstić information content (AvgIpc) is 2.73. The van der Waals surface area contributed by atoms with E-state index in [2.05, 4.69) is 46.7 Å². The fourth-order valence-corrected chi connectivity index (χ4v) is 3.54. The fourth-order valence-electron chi connectivity index (χ4n) is 3.54. The maximum absolute atomic E-state index is 11.1. The van der Waals surface area contributed by atoms with E-state index in [9.17, 15) is 4.79 Å². The lowest BCUT2D eigenvalue weighted by Gasteiger charge is -2.26. The van der Waals surface area contributed by atoms with Crippen LogP contribution in [-0.4, -0.2) is 16.9 Å². The van der Waals surface area contributed by atoms with Crippen LogP contribution in [0.4, 0.5) is 0 Å². The SMILES string of the molecule is NC(=O)c1ccc(Oc2ccc3c(c2)CC(NCc2ccccc2)CC3)nc1. The van der Waals surface area contributed by atoms with Crippen LogP contribution in [0.2, 0.25) is 0 Å². The summed E-state index contributed by atoms with van der Waals surface area (Å²) in [5.41, 5.74) is 9.59. The Hall–Kier alpha value is -3.18. The van der Waals surface area contributed by atoms with Gasteiger partial charge in [-0.1, -0.05) is 36.4 Å². The number of hydrogen-bond donors (Lipinski definition) is 2. The third-order valence-electron chi connectivity index (χ3n) is 5.09. The van der Waals surface area contributed by atoms with Gasteiger partial charge in [0.15, 0.2) is 0 Å². The Labute approximate surface area is 164 Å². The third kappa shape index (κ3) is 4.38. The van der Waals surface area contributed by atoms with Crippen molar-refractivity contribution < 1.29 is 9.53 Å². The Morgan fingerprint density at radius 3 is 2.71 bits per heavy atom. The first-order chi connectivity index (χ1) is 13.7. The van der Waals surface area contributed by atoms with Crippen molar-refractivity contribution in [2.24, 2.45) is 5.73 Å². The first kappa shape index (κ1) is 18.2. The van der Waals surface area contributed by atoms with Gasteiger partial charge in [0.25, 0.3) is 0 Å². The second-order valence-corrected chi connectivity index (χ2v) is 7.09. The van der Waals surface area contributed by atoms with Crippen molar-refractivity contribution in [2.75, 3.05) is 0 Å². The van der Waals surface area contributed by atoms with E-state index < -0.39 is 5.91 Å². The number of pyridine rings is 1. The first-order valence-electron chi connectivity index (χ1n) is 9.50. The van der Waals surface area contributed by atoms with E-state index in [4.69, 9.17) is 10.5 Å². The molecule has 1 unspecified atom stereocenters. The highest BCUT2D eigenvalue weighted by molar-refractivity contribution is 5.92. The number of nitrogens with zero attached hydrogens (tertiary/aromatic N) is 1. The van der Waals surface area contributed by atoms with E-state index in [1.54, 1.807) is 12.1 Å². The normalized spacial score (nSPS) is 15.6. The highest BCUT2D eigenvalue weighted by atomic mass is 16.5. The lowest BCUT2D eigenvalue weighted by molar-refractivity contribution is 0.1000. The summed E-state index contributed by atoms with van der Waals surface area (Å²) in [5.74, 6) is 0.697. The van der Waals surface area contributed by atoms with E-state index in [1.807, 2.05) is 12.1 Å². The van der Waals surface area contributed by atoms with Gasteiger partial charge in [0.1, 0.15) is 5.75 Å². The van der Waals surface area contributed by atoms with Crippen molar-refractivity contribution in [3.05, 3.63) is 89.1 Å². The zero-order valence-corrected chi connectivity index (χ0v) is 15.6. The second-order valence-electron chi connectivity index (χ2n) is 7.09. The Bertz CT molecular complexity index is 955. The fraction of sp³-hybridized carbons (Fsp3) is 0.217. The molecule has 0 fully saturated rings. The number of hydrogen-bond acceptors (Lipinski definition) is 4. The monoisotopic (exact) mass is 373 g/mol. The van der Waals surface area contributed by atoms with E-state index in [0.717, 1.165) is 31.6 Å². The smallest absolute Gasteiger partial charge is 0.250 e. The zero-order valence-electron chi connectivity index (χ0n) is 15.6. The molecule has 0 spiro atoms. The minimum absolute atomic E-state index is 0.366. The number of nitrogens with two attached hydrogens (primary N) is 1. The summed E-state index contributed by atoms with van der Waals surface area (Å²) in [6.07, 6.45) is 4.61. The van der Waals surface area contributed by atoms with Crippen LogP contribution in [0.3, 0.4) is 0 Å². The number of amides is 1. The minimum atomic E-state index is -0.498. The maximum Gasteiger partial charge on any atom is 0.250 e. The third-order valence-corrected chi connectivity index (χ3v) is 5.09. The van der Waals surface area contributed by atoms with Gasteiger partial charge in [-0.15, -0.1) is 0 Å². The molecular weight excluding hydrogens is 350 g/mol. The van der Waals surface area contributed by atoms with Gasteiger partial charge in [-0.05, 0) is 54.2 Å². The second kappa shape index (κ2) is 8.23. The Morgan fingerprint density at radius 1 is 1.11 bits per heavy atom. The van der Waals surface area contributed by atoms with E-state index >= 15 is 0 Å². The number of aryl methyl sites for hydroxylation is 1. The molecule has 5 nitrogen and oxygen atoms in total. The molecule has 4 rings (SSSR count). The van der Waals surface area contributed by atoms with Crippen LogP contribution < -0.4 is 15.8 Å². The van der Waals surface area contributed by atoms with Gasteiger partial charge < -0.3 is 15.8 Å². The minimum Gasteiger partial charge on any atom is -0.439 e. The van der Waals surface area contributed by atoms with E-state index in [1.165, 1.54) is 22.9 Å². The van der Waals surface area contributed by atoms with Crippen LogP contribution in [-0.2, 0) is 19.4 Å². The van der Waals surface area contributed by atoms with Crippen LogP contribution in [0.15, 0.2) is 66.9 Å². The van der Waals surface area contributed by atoms with E-state index in [-0.39, 0.29) is 0 Å². The van der Waals surface area contributed by atoms with Crippen molar-refractivity contribution >= 4 is 5.91 Å². The Balaban J connectivity index is 1.41. The number of primary amides is 1. The van der Waals surface area contributed by atoms with Gasteiger partial charge >= 0.3 is 0 Å². The van der Waals surface area contributed by atoms with Crippen LogP contribution in [0.5, 0.6) is 11.6 Å². The summed E-state index contributed by atoms with van der Waals surface area (Å²) in [6.45, 7) is 0.882. The van der Waals surface area contributed by atoms with Crippen molar-refractivity contribution in [1.29, 1.82) is 0 Å². The summed E-state index contributed by atoms with van der Waals surface area (Å²) in [5, 5.41) is 3.67. The summed E-state index contributed by atoms with van der Waals surface area (Å²) < 4.78 is 5.86. The summed E-state index contributed by atoms with van der Waals surface area (Å²) >= 11 is 0. The molecule has 5 heteroatoms. The molecule has 1 amide bonds. The Kier molecular flexibility index (Phi) is 5.35. The van der Waals surface area contributed by atoms with Gasteiger partial charge in [0, 0.05) is 24.8 Å². The molecule has 1 aromatic heterocycles. The largest absolute Gasteiger partial charge is 0.439 e. The number of carbonyl (C=O) groups excluding carboxylic acids is 1.